The van der Waals surface area contributed by atoms with Gasteiger partial charge in [0.1, 0.15) is 0 Å². The fourth-order valence-electron chi connectivity index (χ4n) is 2.61. The van der Waals surface area contributed by atoms with Crippen molar-refractivity contribution in [3.05, 3.63) is 34.9 Å². The quantitative estimate of drug-likeness (QED) is 0.677. The highest BCUT2D eigenvalue weighted by Gasteiger charge is 2.22. The minimum absolute atomic E-state index is 0.696. The minimum Gasteiger partial charge on any atom is -0.192 e. The fraction of sp³-hybridized carbons (Fsp3) is 0.500. The molecule has 0 fully saturated rings. The summed E-state index contributed by atoms with van der Waals surface area (Å²) in [6.07, 6.45) is 3.72. The highest BCUT2D eigenvalue weighted by atomic mass is 14.3. The van der Waals surface area contributed by atoms with E-state index in [0.29, 0.717) is 11.8 Å². The average molecular weight is 199 g/mol. The molecule has 1 atom stereocenters. The maximum atomic E-state index is 8.86. The number of fused-ring (bicyclic) bond motifs is 1. The van der Waals surface area contributed by atoms with Crippen molar-refractivity contribution < 1.29 is 0 Å². The number of nitrogens with zero attached hydrogens (tertiary/aromatic N) is 1. The highest BCUT2D eigenvalue weighted by molar-refractivity contribution is 5.41. The van der Waals surface area contributed by atoms with Crippen molar-refractivity contribution in [2.24, 2.45) is 5.92 Å². The Balaban J connectivity index is 2.41. The first kappa shape index (κ1) is 10.2. The summed E-state index contributed by atoms with van der Waals surface area (Å²) in [6.45, 7) is 4.58. The number of rotatable bonds is 1. The molecule has 15 heavy (non-hydrogen) atoms. The van der Waals surface area contributed by atoms with Crippen LogP contribution in [0, 0.1) is 17.2 Å². The third-order valence-electron chi connectivity index (χ3n) is 3.44. The van der Waals surface area contributed by atoms with Gasteiger partial charge in [-0.05, 0) is 54.4 Å². The molecule has 0 amide bonds. The standard InChI is InChI=1S/C14H17N/c1-10(2)13-5-3-4-12-8-11(9-15)6-7-14(12)13/h6-8,10,13H,3-5H2,1-2H3. The lowest BCUT2D eigenvalue weighted by atomic mass is 9.77. The molecule has 78 valence electrons. The predicted molar refractivity (Wildman–Crippen MR) is 61.7 cm³/mol. The van der Waals surface area contributed by atoms with Crippen molar-refractivity contribution in [2.75, 3.05) is 0 Å². The average Bonchev–Trinajstić information content (AvgIpc) is 2.27. The SMILES string of the molecule is CC(C)C1CCCc2cc(C#N)ccc21. The summed E-state index contributed by atoms with van der Waals surface area (Å²) >= 11 is 0. The van der Waals surface area contributed by atoms with E-state index in [0.717, 1.165) is 12.0 Å². The zero-order valence-electron chi connectivity index (χ0n) is 9.46. The van der Waals surface area contributed by atoms with Gasteiger partial charge in [-0.15, -0.1) is 0 Å². The molecule has 0 bridgehead atoms. The van der Waals surface area contributed by atoms with Crippen LogP contribution < -0.4 is 0 Å². The lowest BCUT2D eigenvalue weighted by molar-refractivity contribution is 0.433. The van der Waals surface area contributed by atoms with Gasteiger partial charge in [0.15, 0.2) is 0 Å². The summed E-state index contributed by atoms with van der Waals surface area (Å²) in [4.78, 5) is 0. The van der Waals surface area contributed by atoms with Crippen LogP contribution in [0.1, 0.15) is 49.3 Å². The summed E-state index contributed by atoms with van der Waals surface area (Å²) in [6, 6.07) is 8.42. The molecule has 1 aromatic rings. The van der Waals surface area contributed by atoms with E-state index in [2.05, 4.69) is 32.0 Å². The van der Waals surface area contributed by atoms with E-state index in [4.69, 9.17) is 5.26 Å². The minimum atomic E-state index is 0.696. The van der Waals surface area contributed by atoms with Crippen LogP contribution in [0.25, 0.3) is 0 Å². The number of hydrogen-bond donors (Lipinski definition) is 0. The Kier molecular flexibility index (Phi) is 2.77. The maximum absolute atomic E-state index is 8.86. The van der Waals surface area contributed by atoms with Crippen LogP contribution in [0.4, 0.5) is 0 Å². The molecule has 1 aliphatic rings. The van der Waals surface area contributed by atoms with Gasteiger partial charge in [-0.25, -0.2) is 0 Å². The Hall–Kier alpha value is -1.29. The summed E-state index contributed by atoms with van der Waals surface area (Å²) in [5.74, 6) is 1.40. The smallest absolute Gasteiger partial charge is 0.0991 e. The molecular weight excluding hydrogens is 182 g/mol. The molecule has 0 N–H and O–H groups in total. The van der Waals surface area contributed by atoms with Crippen LogP contribution in [0.15, 0.2) is 18.2 Å². The van der Waals surface area contributed by atoms with Crippen LogP contribution in [-0.2, 0) is 6.42 Å². The molecule has 1 heteroatoms. The molecular formula is C14H17N. The summed E-state index contributed by atoms with van der Waals surface area (Å²) < 4.78 is 0. The van der Waals surface area contributed by atoms with E-state index in [1.165, 1.54) is 24.0 Å². The highest BCUT2D eigenvalue weighted by Crippen LogP contribution is 2.36. The van der Waals surface area contributed by atoms with Gasteiger partial charge >= 0.3 is 0 Å². The molecule has 0 saturated heterocycles. The first-order valence-corrected chi connectivity index (χ1v) is 5.75. The van der Waals surface area contributed by atoms with E-state index < -0.39 is 0 Å². The lowest BCUT2D eigenvalue weighted by Crippen LogP contribution is -2.14. The Bertz CT molecular complexity index is 398. The Labute approximate surface area is 91.7 Å². The van der Waals surface area contributed by atoms with E-state index in [-0.39, 0.29) is 0 Å². The Morgan fingerprint density at radius 3 is 2.87 bits per heavy atom. The second kappa shape index (κ2) is 4.06. The third kappa shape index (κ3) is 1.90. The van der Waals surface area contributed by atoms with E-state index in [1.807, 2.05) is 6.07 Å². The van der Waals surface area contributed by atoms with Gasteiger partial charge in [-0.2, -0.15) is 5.26 Å². The van der Waals surface area contributed by atoms with E-state index >= 15 is 0 Å². The van der Waals surface area contributed by atoms with E-state index in [9.17, 15) is 0 Å². The van der Waals surface area contributed by atoms with Crippen LogP contribution in [0.2, 0.25) is 0 Å². The van der Waals surface area contributed by atoms with Crippen molar-refractivity contribution in [1.82, 2.24) is 0 Å². The van der Waals surface area contributed by atoms with Gasteiger partial charge in [-0.1, -0.05) is 19.9 Å². The Morgan fingerprint density at radius 1 is 1.40 bits per heavy atom. The number of aryl methyl sites for hydroxylation is 1. The largest absolute Gasteiger partial charge is 0.192 e. The van der Waals surface area contributed by atoms with Gasteiger partial charge in [0.05, 0.1) is 11.6 Å². The van der Waals surface area contributed by atoms with Crippen molar-refractivity contribution in [3.8, 4) is 6.07 Å². The monoisotopic (exact) mass is 199 g/mol. The Morgan fingerprint density at radius 2 is 2.20 bits per heavy atom. The third-order valence-corrected chi connectivity index (χ3v) is 3.44. The van der Waals surface area contributed by atoms with Gasteiger partial charge in [0, 0.05) is 0 Å². The molecule has 0 saturated carbocycles. The molecule has 0 spiro atoms. The predicted octanol–water partition coefficient (Wildman–Crippen LogP) is 3.63. The zero-order valence-corrected chi connectivity index (χ0v) is 9.46. The molecule has 1 aliphatic carbocycles. The van der Waals surface area contributed by atoms with Gasteiger partial charge in [0.2, 0.25) is 0 Å². The fourth-order valence-corrected chi connectivity index (χ4v) is 2.61. The molecule has 0 heterocycles. The molecule has 1 aromatic carbocycles. The summed E-state index contributed by atoms with van der Waals surface area (Å²) in [5.41, 5.74) is 3.69. The normalized spacial score (nSPS) is 19.7. The van der Waals surface area contributed by atoms with Crippen LogP contribution in [0.3, 0.4) is 0 Å². The number of nitriles is 1. The lowest BCUT2D eigenvalue weighted by Gasteiger charge is -2.28. The number of benzene rings is 1. The van der Waals surface area contributed by atoms with Crippen LogP contribution >= 0.6 is 0 Å². The van der Waals surface area contributed by atoms with Crippen molar-refractivity contribution >= 4 is 0 Å². The second-order valence-corrected chi connectivity index (χ2v) is 4.77. The summed E-state index contributed by atoms with van der Waals surface area (Å²) in [7, 11) is 0. The maximum Gasteiger partial charge on any atom is 0.0991 e. The van der Waals surface area contributed by atoms with E-state index in [1.54, 1.807) is 0 Å². The molecule has 0 radical (unpaired) electrons. The van der Waals surface area contributed by atoms with Crippen molar-refractivity contribution in [2.45, 2.75) is 39.0 Å². The van der Waals surface area contributed by atoms with Gasteiger partial charge in [0.25, 0.3) is 0 Å². The second-order valence-electron chi connectivity index (χ2n) is 4.77. The first-order chi connectivity index (χ1) is 7.22. The number of hydrogen-bond acceptors (Lipinski definition) is 1. The van der Waals surface area contributed by atoms with Crippen molar-refractivity contribution in [3.63, 3.8) is 0 Å². The van der Waals surface area contributed by atoms with Gasteiger partial charge < -0.3 is 0 Å². The van der Waals surface area contributed by atoms with Gasteiger partial charge in [-0.3, -0.25) is 0 Å². The van der Waals surface area contributed by atoms with Crippen LogP contribution in [0.5, 0.6) is 0 Å². The molecule has 1 unspecified atom stereocenters. The molecule has 1 nitrogen and oxygen atoms in total. The topological polar surface area (TPSA) is 23.8 Å². The molecule has 0 aliphatic heterocycles. The first-order valence-electron chi connectivity index (χ1n) is 5.75. The zero-order chi connectivity index (χ0) is 10.8. The van der Waals surface area contributed by atoms with Crippen molar-refractivity contribution in [1.29, 1.82) is 5.26 Å². The molecule has 2 rings (SSSR count). The molecule has 0 aromatic heterocycles. The summed E-state index contributed by atoms with van der Waals surface area (Å²) in [5, 5.41) is 8.86. The van der Waals surface area contributed by atoms with Crippen LogP contribution in [-0.4, -0.2) is 0 Å².